The number of carboxylic acid groups (broad SMARTS) is 1. The molecule has 416 valence electrons. The number of nitrogens with two attached hydrogens (primary N) is 2. The number of carbonyl (C=O) groups is 11. The number of hydrogen-bond donors (Lipinski definition) is 13. The fraction of sp³-hybridized carbons (Fsp3) is 0.667. The van der Waals surface area contributed by atoms with Crippen molar-refractivity contribution in [2.45, 2.75) is 127 Å². The zero-order valence-corrected chi connectivity index (χ0v) is 43.9. The number of hydrogen-bond acceptors (Lipinski definition) is 17. The van der Waals surface area contributed by atoms with E-state index >= 15 is 0 Å². The highest BCUT2D eigenvalue weighted by molar-refractivity contribution is 8.00. The first-order valence-electron chi connectivity index (χ1n) is 23.9. The number of aliphatic carboxylic acids is 1. The maximum Gasteiger partial charge on any atom is 0.303 e. The molecule has 2 rings (SSSR count). The van der Waals surface area contributed by atoms with Crippen molar-refractivity contribution in [3.8, 4) is 0 Å². The first kappa shape index (κ1) is 64.1. The van der Waals surface area contributed by atoms with Crippen molar-refractivity contribution in [2.75, 3.05) is 50.8 Å². The van der Waals surface area contributed by atoms with E-state index in [1.165, 1.54) is 18.7 Å². The van der Waals surface area contributed by atoms with Crippen LogP contribution in [-0.2, 0) is 63.9 Å². The Morgan fingerprint density at radius 2 is 1.53 bits per heavy atom. The van der Waals surface area contributed by atoms with E-state index < -0.39 is 151 Å². The maximum atomic E-state index is 14.1. The van der Waals surface area contributed by atoms with Crippen molar-refractivity contribution in [1.29, 1.82) is 0 Å². The molecule has 2 aliphatic heterocycles. The molecule has 15 N–H and O–H groups in total. The molecular formula is C45H73N11O16S2. The Bertz CT molecular complexity index is 2080. The van der Waals surface area contributed by atoms with E-state index in [2.05, 4.69) is 43.8 Å². The van der Waals surface area contributed by atoms with Crippen molar-refractivity contribution in [3.05, 3.63) is 23.4 Å². The molecule has 2 aliphatic rings. The highest BCUT2D eigenvalue weighted by Crippen LogP contribution is 2.24. The average molecular weight is 1090 g/mol. The molecule has 29 heteroatoms. The number of primary amides is 2. The van der Waals surface area contributed by atoms with E-state index in [9.17, 15) is 72.6 Å². The second-order valence-electron chi connectivity index (χ2n) is 17.9. The van der Waals surface area contributed by atoms with Crippen LogP contribution in [0, 0.1) is 11.8 Å². The summed E-state index contributed by atoms with van der Waals surface area (Å²) < 4.78 is 13.8. The van der Waals surface area contributed by atoms with Gasteiger partial charge in [-0.05, 0) is 19.4 Å². The van der Waals surface area contributed by atoms with Crippen LogP contribution in [-0.4, -0.2) is 198 Å². The third kappa shape index (κ3) is 21.5. The van der Waals surface area contributed by atoms with Crippen molar-refractivity contribution in [3.63, 3.8) is 0 Å². The summed E-state index contributed by atoms with van der Waals surface area (Å²) in [7, 11) is 0. The molecule has 2 fully saturated rings. The predicted octanol–water partition coefficient (Wildman–Crippen LogP) is -5.16. The topological polar surface area (TPSA) is 434 Å². The van der Waals surface area contributed by atoms with E-state index in [1.54, 1.807) is 38.7 Å². The van der Waals surface area contributed by atoms with E-state index in [-0.39, 0.29) is 60.8 Å². The van der Waals surface area contributed by atoms with E-state index in [4.69, 9.17) is 16.6 Å². The lowest BCUT2D eigenvalue weighted by molar-refractivity contribution is -0.143. The minimum absolute atomic E-state index is 0.0537. The summed E-state index contributed by atoms with van der Waals surface area (Å²) in [4.78, 5) is 142. The molecule has 10 atom stereocenters. The first-order chi connectivity index (χ1) is 34.7. The Balaban J connectivity index is 2.25. The zero-order chi connectivity index (χ0) is 56.0. The monoisotopic (exact) mass is 1090 g/mol. The van der Waals surface area contributed by atoms with Crippen LogP contribution in [0.15, 0.2) is 23.4 Å². The smallest absolute Gasteiger partial charge is 0.303 e. The molecular weight excluding hydrogens is 1010 g/mol. The minimum Gasteiger partial charge on any atom is -0.610 e. The third-order valence-electron chi connectivity index (χ3n) is 12.1. The average Bonchev–Trinajstić information content (AvgIpc) is 3.73. The maximum absolute atomic E-state index is 14.1. The summed E-state index contributed by atoms with van der Waals surface area (Å²) in [5.74, 6) is -11.1. The van der Waals surface area contributed by atoms with E-state index in [1.807, 2.05) is 0 Å². The van der Waals surface area contributed by atoms with Crippen LogP contribution < -0.4 is 48.7 Å². The van der Waals surface area contributed by atoms with Gasteiger partial charge in [-0.1, -0.05) is 40.2 Å². The normalized spacial score (nSPS) is 18.9. The van der Waals surface area contributed by atoms with Crippen LogP contribution in [0.25, 0.3) is 0 Å². The van der Waals surface area contributed by atoms with Crippen LogP contribution in [0.3, 0.4) is 0 Å². The van der Waals surface area contributed by atoms with E-state index in [0.717, 1.165) is 4.90 Å². The van der Waals surface area contributed by atoms with Crippen molar-refractivity contribution >= 4 is 88.0 Å². The largest absolute Gasteiger partial charge is 0.610 e. The van der Waals surface area contributed by atoms with Gasteiger partial charge in [0.25, 0.3) is 0 Å². The van der Waals surface area contributed by atoms with Gasteiger partial charge in [-0.3, -0.25) is 52.7 Å². The summed E-state index contributed by atoms with van der Waals surface area (Å²) in [6.07, 6.45) is -2.20. The fourth-order valence-corrected chi connectivity index (χ4v) is 9.58. The molecule has 0 aromatic rings. The van der Waals surface area contributed by atoms with Crippen LogP contribution in [0.4, 0.5) is 0 Å². The van der Waals surface area contributed by atoms with Gasteiger partial charge < -0.3 is 83.5 Å². The van der Waals surface area contributed by atoms with Gasteiger partial charge in [0.15, 0.2) is 6.04 Å². The van der Waals surface area contributed by atoms with Gasteiger partial charge >= 0.3 is 5.97 Å². The van der Waals surface area contributed by atoms with Gasteiger partial charge in [0.2, 0.25) is 64.1 Å². The molecule has 0 radical (unpaired) electrons. The Kier molecular flexibility index (Phi) is 27.4. The van der Waals surface area contributed by atoms with Gasteiger partial charge in [0.05, 0.1) is 38.2 Å². The standard InChI is InChI=1S/C45H73N11O16S2/c1-7-23(3)39(53-34(61)8-2)44(70)49-17-36(63)51-30(22-74(72)26(6)50-24(4)12-14-73-28-19-55(20-28)37(64)11-13-48-35(62)9-10-38(65)66)42(68)52-29(16-33(46)60)45(71)56-18-27(58)15-31(56)43(69)54-40(41(47)67)25(5)32(59)21-57/h12,23,25,27-32,39-40,50,57-59H,6-11,13-22H2,1-5H3,(H2,46,60)(H2,47,67)(H,48,62)(H,49,70)(H,51,63)(H,52,68)(H,53,61)(H,54,69)(H,65,66)/b24-12-/t23-,25-,27+,29-,30-,31-,32-,39-,40-,74?/m0/s1. The van der Waals surface area contributed by atoms with E-state index in [0.29, 0.717) is 31.0 Å². The van der Waals surface area contributed by atoms with Crippen molar-refractivity contribution < 1.29 is 77.7 Å². The number of nitrogens with one attached hydrogen (secondary N) is 7. The summed E-state index contributed by atoms with van der Waals surface area (Å²) in [5.41, 5.74) is 11.4. The number of β-amino-alcohol motifs (C(OH)–C–C–N with tert-alkyl or cyclic N) is 1. The number of rotatable bonds is 33. The Labute approximate surface area is 436 Å². The molecule has 0 aliphatic carbocycles. The van der Waals surface area contributed by atoms with Gasteiger partial charge in [-0.15, -0.1) is 0 Å². The second-order valence-corrected chi connectivity index (χ2v) is 20.8. The van der Waals surface area contributed by atoms with Crippen LogP contribution in [0.1, 0.15) is 79.6 Å². The number of allylic oxidation sites excluding steroid dienone is 1. The number of nitrogens with zero attached hydrogens (tertiary/aromatic N) is 2. The van der Waals surface area contributed by atoms with Gasteiger partial charge in [0, 0.05) is 85.7 Å². The lowest BCUT2D eigenvalue weighted by atomic mass is 9.95. The summed E-state index contributed by atoms with van der Waals surface area (Å²) in [6.45, 7) is 10.8. The Hall–Kier alpha value is -6.01. The number of aliphatic hydroxyl groups excluding tert-OH is 3. The second kappa shape index (κ2) is 31.7. The molecule has 0 saturated carbocycles. The summed E-state index contributed by atoms with van der Waals surface area (Å²) >= 11 is -0.666. The summed E-state index contributed by atoms with van der Waals surface area (Å²) in [6, 6.07) is -7.72. The van der Waals surface area contributed by atoms with Gasteiger partial charge in [-0.2, -0.15) is 11.8 Å². The Morgan fingerprint density at radius 3 is 2.11 bits per heavy atom. The first-order valence-corrected chi connectivity index (χ1v) is 26.3. The minimum atomic E-state index is -2.19. The SMILES string of the molecule is C=C(N/C(C)=C\CSC1CN(C(=O)CCNC(=O)CCC(=O)O)C1)[S+]([O-])C[C@H](NC(=O)CNC(=O)[C@@H](NC(=O)CC)[C@@H](C)CC)C(=O)N[C@@H](CC(N)=O)C(=O)N1C[C@H](O)C[C@H]1C(=O)N[C@H](C(N)=O)[C@@H](C)[C@@H](O)CO. The highest BCUT2D eigenvalue weighted by Gasteiger charge is 2.44. The number of amides is 10. The van der Waals surface area contributed by atoms with Crippen LogP contribution >= 0.6 is 11.8 Å². The van der Waals surface area contributed by atoms with Crippen molar-refractivity contribution in [1.82, 2.24) is 47.0 Å². The molecule has 74 heavy (non-hydrogen) atoms. The molecule has 10 amide bonds. The molecule has 1 unspecified atom stereocenters. The predicted molar refractivity (Wildman–Crippen MR) is 268 cm³/mol. The zero-order valence-electron chi connectivity index (χ0n) is 42.2. The number of carbonyl (C=O) groups excluding carboxylic acids is 10. The van der Waals surface area contributed by atoms with Gasteiger partial charge in [-0.25, -0.2) is 0 Å². The molecule has 0 aromatic carbocycles. The molecule has 2 heterocycles. The number of aliphatic hydroxyl groups is 3. The van der Waals surface area contributed by atoms with Crippen LogP contribution in [0.2, 0.25) is 0 Å². The lowest BCUT2D eigenvalue weighted by Crippen LogP contribution is -2.60. The molecule has 27 nitrogen and oxygen atoms in total. The quantitative estimate of drug-likeness (QED) is 0.0273. The molecule has 2 saturated heterocycles. The number of carboxylic acids is 1. The van der Waals surface area contributed by atoms with Crippen molar-refractivity contribution in [2.24, 2.45) is 23.3 Å². The molecule has 0 bridgehead atoms. The lowest BCUT2D eigenvalue weighted by Gasteiger charge is -2.38. The molecule has 0 aromatic heterocycles. The number of thioether (sulfide) groups is 1. The van der Waals surface area contributed by atoms with Gasteiger partial charge in [0.1, 0.15) is 29.9 Å². The van der Waals surface area contributed by atoms with Crippen LogP contribution in [0.5, 0.6) is 0 Å². The molecule has 0 spiro atoms. The fourth-order valence-electron chi connectivity index (χ4n) is 7.37. The number of likely N-dealkylation sites (tertiary alicyclic amines) is 2. The Morgan fingerprint density at radius 1 is 0.865 bits per heavy atom. The highest BCUT2D eigenvalue weighted by atomic mass is 32.2. The third-order valence-corrected chi connectivity index (χ3v) is 14.5. The summed E-state index contributed by atoms with van der Waals surface area (Å²) in [5, 5.41) is 56.2.